The first-order chi connectivity index (χ1) is 17.4. The van der Waals surface area contributed by atoms with E-state index in [0.717, 1.165) is 13.1 Å². The number of aromatic nitrogens is 3. The third kappa shape index (κ3) is 5.44. The van der Waals surface area contributed by atoms with Gasteiger partial charge in [-0.25, -0.2) is 4.98 Å². The van der Waals surface area contributed by atoms with Crippen molar-refractivity contribution < 1.29 is 9.53 Å². The van der Waals surface area contributed by atoms with Crippen molar-refractivity contribution in [2.45, 2.75) is 25.1 Å². The van der Waals surface area contributed by atoms with Crippen molar-refractivity contribution in [3.63, 3.8) is 0 Å². The summed E-state index contributed by atoms with van der Waals surface area (Å²) < 4.78 is 6.78. The number of nitrogens with zero attached hydrogens (tertiary/aromatic N) is 4. The van der Waals surface area contributed by atoms with Crippen LogP contribution in [0, 0.1) is 11.8 Å². The number of anilines is 3. The number of likely N-dealkylation sites (N-methyl/N-ethyl adjacent to an activating group) is 1. The lowest BCUT2D eigenvalue weighted by molar-refractivity contribution is -0.126. The molecule has 37 heavy (non-hydrogen) atoms. The zero-order chi connectivity index (χ0) is 27.1. The minimum absolute atomic E-state index is 0.128. The van der Waals surface area contributed by atoms with Crippen LogP contribution in [0.15, 0.2) is 35.3 Å². The Morgan fingerprint density at radius 3 is 2.54 bits per heavy atom. The van der Waals surface area contributed by atoms with Crippen molar-refractivity contribution >= 4 is 69.4 Å². The Kier molecular flexibility index (Phi) is 7.51. The second-order valence-corrected chi connectivity index (χ2v) is 9.96. The fourth-order valence-corrected chi connectivity index (χ4v) is 4.64. The number of carbonyl (C=O) groups excluding carboxylic acids is 1. The molecule has 1 aromatic carbocycles. The van der Waals surface area contributed by atoms with Crippen LogP contribution in [0.25, 0.3) is 10.9 Å². The number of nitrogens with one attached hydrogen (secondary N) is 2. The Morgan fingerprint density at radius 1 is 1.22 bits per heavy atom. The summed E-state index contributed by atoms with van der Waals surface area (Å²) in [6.45, 7) is 5.74. The summed E-state index contributed by atoms with van der Waals surface area (Å²) in [5.74, 6) is 0.772. The van der Waals surface area contributed by atoms with E-state index in [9.17, 15) is 9.59 Å². The maximum absolute atomic E-state index is 12.8. The first-order valence-corrected chi connectivity index (χ1v) is 12.2. The number of aryl methyl sites for hydroxylation is 1. The van der Waals surface area contributed by atoms with E-state index >= 15 is 0 Å². The van der Waals surface area contributed by atoms with Gasteiger partial charge in [0.2, 0.25) is 11.9 Å². The molecule has 3 aromatic rings. The molecule has 1 aliphatic rings. The van der Waals surface area contributed by atoms with Crippen molar-refractivity contribution in [1.29, 1.82) is 0 Å². The van der Waals surface area contributed by atoms with Gasteiger partial charge in [0, 0.05) is 38.3 Å². The Hall–Kier alpha value is -3.14. The zero-order valence-electron chi connectivity index (χ0n) is 21.2. The van der Waals surface area contributed by atoms with Gasteiger partial charge in [0.05, 0.1) is 19.6 Å². The number of halogens is 1. The monoisotopic (exact) mass is 514 g/mol. The summed E-state index contributed by atoms with van der Waals surface area (Å²) >= 11 is 6.41. The molecule has 0 aliphatic carbocycles. The summed E-state index contributed by atoms with van der Waals surface area (Å²) in [6.07, 6.45) is 1.56. The number of carbonyl (C=O) groups is 1. The van der Waals surface area contributed by atoms with E-state index < -0.39 is 16.9 Å². The van der Waals surface area contributed by atoms with Crippen molar-refractivity contribution in [1.82, 2.24) is 19.9 Å². The quantitative estimate of drug-likeness (QED) is 0.485. The van der Waals surface area contributed by atoms with Gasteiger partial charge in [0.25, 0.3) is 5.56 Å². The number of benzene rings is 1. The lowest BCUT2D eigenvalue weighted by Crippen LogP contribution is -2.52. The Balaban J connectivity index is 1.65. The van der Waals surface area contributed by atoms with Crippen molar-refractivity contribution in [3.8, 4) is 5.75 Å². The van der Waals surface area contributed by atoms with Gasteiger partial charge in [-0.3, -0.25) is 9.59 Å². The summed E-state index contributed by atoms with van der Waals surface area (Å²) in [5, 5.41) is 4.30. The topological polar surface area (TPSA) is 101 Å². The van der Waals surface area contributed by atoms with Crippen LogP contribution >= 0.6 is 11.6 Å². The van der Waals surface area contributed by atoms with E-state index in [1.807, 2.05) is 0 Å². The number of hydrogen-bond donors (Lipinski definition) is 2. The second kappa shape index (κ2) is 10.3. The molecule has 1 aliphatic heterocycles. The summed E-state index contributed by atoms with van der Waals surface area (Å²) in [7, 11) is 20.7. The first-order valence-electron chi connectivity index (χ1n) is 11.8. The van der Waals surface area contributed by atoms with Gasteiger partial charge in [-0.15, -0.1) is 0 Å². The molecule has 0 bridgehead atoms. The average molecular weight is 514 g/mol. The van der Waals surface area contributed by atoms with Gasteiger partial charge in [-0.1, -0.05) is 31.3 Å². The molecule has 1 amide bonds. The van der Waals surface area contributed by atoms with E-state index in [2.05, 4.69) is 39.3 Å². The molecule has 2 N–H and O–H groups in total. The van der Waals surface area contributed by atoms with E-state index in [0.29, 0.717) is 45.2 Å². The van der Waals surface area contributed by atoms with Crippen molar-refractivity contribution in [3.05, 3.63) is 45.8 Å². The second-order valence-electron chi connectivity index (χ2n) is 9.55. The number of piperidine rings is 1. The van der Waals surface area contributed by atoms with Gasteiger partial charge in [-0.2, -0.15) is 4.98 Å². The Bertz CT molecular complexity index is 1390. The van der Waals surface area contributed by atoms with Gasteiger partial charge in [-0.05, 0) is 36.1 Å². The summed E-state index contributed by atoms with van der Waals surface area (Å²) in [5.41, 5.74) is 0.791. The average Bonchev–Trinajstić information content (AvgIpc) is 2.85. The summed E-state index contributed by atoms with van der Waals surface area (Å²) in [6, 6.07) is 6.84. The minimum Gasteiger partial charge on any atom is -0.492 e. The zero-order valence-corrected chi connectivity index (χ0v) is 21.9. The highest BCUT2D eigenvalue weighted by Gasteiger charge is 2.30. The van der Waals surface area contributed by atoms with E-state index in [1.54, 1.807) is 31.4 Å². The Labute approximate surface area is 224 Å². The largest absolute Gasteiger partial charge is 0.492 e. The highest BCUT2D eigenvalue weighted by Crippen LogP contribution is 2.34. The number of fused-ring (bicyclic) bond motifs is 1. The van der Waals surface area contributed by atoms with E-state index in [4.69, 9.17) is 39.9 Å². The molecule has 186 valence electrons. The van der Waals surface area contributed by atoms with Crippen LogP contribution in [0.5, 0.6) is 5.75 Å². The van der Waals surface area contributed by atoms with Crippen molar-refractivity contribution in [2.24, 2.45) is 18.9 Å². The maximum atomic E-state index is 12.8. The van der Waals surface area contributed by atoms with Crippen molar-refractivity contribution in [2.75, 3.05) is 30.4 Å². The predicted octanol–water partition coefficient (Wildman–Crippen LogP) is 1.89. The highest BCUT2D eigenvalue weighted by atomic mass is 35.5. The number of rotatable bonds is 6. The van der Waals surface area contributed by atoms with Crippen LogP contribution in [0.3, 0.4) is 0 Å². The minimum atomic E-state index is -2.22. The highest BCUT2D eigenvalue weighted by molar-refractivity contribution is 6.50. The molecule has 6 radical (unpaired) electrons. The normalized spacial score (nSPS) is 20.0. The fraction of sp³-hybridized carbons (Fsp3) is 0.417. The molecule has 0 spiro atoms. The molecular formula is C24H26B3ClN6O3. The molecule has 3 atom stereocenters. The Morgan fingerprint density at radius 2 is 1.89 bits per heavy atom. The lowest BCUT2D eigenvalue weighted by atomic mass is 9.64. The number of amides is 1. The third-order valence-electron chi connectivity index (χ3n) is 6.66. The number of ether oxygens (including phenoxy) is 1. The van der Waals surface area contributed by atoms with Crippen LogP contribution in [0.4, 0.5) is 17.5 Å². The van der Waals surface area contributed by atoms with Crippen LogP contribution < -0.4 is 25.8 Å². The summed E-state index contributed by atoms with van der Waals surface area (Å²) in [4.78, 5) is 35.9. The first kappa shape index (κ1) is 26.9. The molecule has 2 aromatic heterocycles. The number of pyridine rings is 1. The SMILES string of the molecule is [B]C1[C@H](C)CN(c2ncc(Cl)c(Nc3ccc4c(c3)cc(OC([B])([B])C(=O)NC)c(=O)n4C)n2)C[C@@H]1C. The van der Waals surface area contributed by atoms with Gasteiger partial charge >= 0.3 is 0 Å². The van der Waals surface area contributed by atoms with Crippen LogP contribution in [0.2, 0.25) is 10.8 Å². The molecule has 3 heterocycles. The molecule has 1 fully saturated rings. The number of hydrogen-bond acceptors (Lipinski definition) is 7. The standard InChI is InChI=1S/C24H26B3ClN6O3/c1-12-10-34(11-13(2)19(12)25)23-30-9-16(28)20(32-23)31-15-5-6-17-14(7-15)8-18(21(35)33(17)4)37-24(26,27)22(36)29-3/h5-9,12-13,19H,10-11H2,1-4H3,(H,29,36)(H,30,31,32)/t12-,13+,19?. The molecule has 1 saturated heterocycles. The lowest BCUT2D eigenvalue weighted by Gasteiger charge is -2.40. The van der Waals surface area contributed by atoms with Crippen LogP contribution in [0.1, 0.15) is 13.8 Å². The van der Waals surface area contributed by atoms with Gasteiger partial charge in [0.15, 0.2) is 11.6 Å². The van der Waals surface area contributed by atoms with Crippen LogP contribution in [-0.4, -0.2) is 69.5 Å². The molecular weight excluding hydrogens is 488 g/mol. The van der Waals surface area contributed by atoms with E-state index in [1.165, 1.54) is 17.7 Å². The fourth-order valence-electron chi connectivity index (χ4n) is 4.50. The molecule has 4 rings (SSSR count). The van der Waals surface area contributed by atoms with Gasteiger partial charge < -0.3 is 24.8 Å². The third-order valence-corrected chi connectivity index (χ3v) is 6.94. The van der Waals surface area contributed by atoms with Gasteiger partial charge in [0.1, 0.15) is 26.1 Å². The molecule has 1 unspecified atom stereocenters. The van der Waals surface area contributed by atoms with Crippen LogP contribution in [-0.2, 0) is 11.8 Å². The molecule has 13 heteroatoms. The van der Waals surface area contributed by atoms with E-state index in [-0.39, 0.29) is 11.6 Å². The maximum Gasteiger partial charge on any atom is 0.293 e. The molecule has 0 saturated carbocycles. The predicted molar refractivity (Wildman–Crippen MR) is 148 cm³/mol. The smallest absolute Gasteiger partial charge is 0.293 e. The molecule has 9 nitrogen and oxygen atoms in total.